The second-order valence-corrected chi connectivity index (χ2v) is 5.47. The van der Waals surface area contributed by atoms with Crippen LogP contribution in [-0.2, 0) is 19.5 Å². The fourth-order valence-electron chi connectivity index (χ4n) is 2.57. The molecule has 2 heterocycles. The molecule has 1 aliphatic heterocycles. The topological polar surface area (TPSA) is 51.9 Å². The van der Waals surface area contributed by atoms with E-state index in [1.54, 1.807) is 4.68 Å². The van der Waals surface area contributed by atoms with Gasteiger partial charge < -0.3 is 5.32 Å². The fourth-order valence-corrected chi connectivity index (χ4v) is 2.57. The monoisotopic (exact) mass is 250 g/mol. The lowest BCUT2D eigenvalue weighted by molar-refractivity contribution is 0.504. The van der Waals surface area contributed by atoms with Crippen LogP contribution in [0.5, 0.6) is 0 Å². The normalized spacial score (nSPS) is 18.9. The van der Waals surface area contributed by atoms with Gasteiger partial charge in [-0.3, -0.25) is 4.57 Å². The summed E-state index contributed by atoms with van der Waals surface area (Å²) in [5.41, 5.74) is 0.0971. The number of fused-ring (bicyclic) bond motifs is 1. The van der Waals surface area contributed by atoms with Crippen molar-refractivity contribution >= 4 is 0 Å². The van der Waals surface area contributed by atoms with Crippen LogP contribution >= 0.6 is 0 Å². The van der Waals surface area contributed by atoms with Crippen LogP contribution in [0.3, 0.4) is 0 Å². The van der Waals surface area contributed by atoms with Gasteiger partial charge in [0.1, 0.15) is 5.82 Å². The molecule has 3 rings (SSSR count). The molecule has 5 heteroatoms. The Balaban J connectivity index is 1.49. The molecule has 0 saturated heterocycles. The van der Waals surface area contributed by atoms with E-state index in [1.165, 1.54) is 19.3 Å². The molecular formula is C13H22N4O. The van der Waals surface area contributed by atoms with Gasteiger partial charge in [0.25, 0.3) is 0 Å². The predicted molar refractivity (Wildman–Crippen MR) is 69.7 cm³/mol. The third-order valence-electron chi connectivity index (χ3n) is 3.84. The maximum absolute atomic E-state index is 12.0. The Bertz CT molecular complexity index is 458. The van der Waals surface area contributed by atoms with Crippen molar-refractivity contribution in [1.29, 1.82) is 0 Å². The standard InChI is InChI=1S/C13H22N4O/c18-13-16-9-3-1-5-12(16)15-17(13)10-4-2-8-14-11-6-7-11/h11,14H,1-10H2. The highest BCUT2D eigenvalue weighted by Crippen LogP contribution is 2.18. The van der Waals surface area contributed by atoms with Gasteiger partial charge in [0, 0.05) is 25.6 Å². The molecule has 0 atom stereocenters. The maximum Gasteiger partial charge on any atom is 0.345 e. The predicted octanol–water partition coefficient (Wildman–Crippen LogP) is 0.913. The van der Waals surface area contributed by atoms with E-state index in [2.05, 4.69) is 10.4 Å². The number of rotatable bonds is 6. The van der Waals surface area contributed by atoms with Gasteiger partial charge in [-0.15, -0.1) is 0 Å². The Morgan fingerprint density at radius 3 is 2.94 bits per heavy atom. The lowest BCUT2D eigenvalue weighted by atomic mass is 10.2. The van der Waals surface area contributed by atoms with Crippen molar-refractivity contribution in [3.63, 3.8) is 0 Å². The lowest BCUT2D eigenvalue weighted by Crippen LogP contribution is -2.27. The number of hydrogen-bond acceptors (Lipinski definition) is 3. The molecule has 1 aromatic heterocycles. The average molecular weight is 250 g/mol. The first-order valence-corrected chi connectivity index (χ1v) is 7.24. The number of aryl methyl sites for hydroxylation is 2. The summed E-state index contributed by atoms with van der Waals surface area (Å²) in [5, 5.41) is 7.94. The second kappa shape index (κ2) is 5.26. The lowest BCUT2D eigenvalue weighted by Gasteiger charge is -2.09. The van der Waals surface area contributed by atoms with E-state index in [0.29, 0.717) is 0 Å². The molecule has 0 spiro atoms. The Labute approximate surface area is 107 Å². The molecule has 5 nitrogen and oxygen atoms in total. The molecule has 0 radical (unpaired) electrons. The fraction of sp³-hybridized carbons (Fsp3) is 0.846. The van der Waals surface area contributed by atoms with Crippen molar-refractivity contribution in [3.8, 4) is 0 Å². The summed E-state index contributed by atoms with van der Waals surface area (Å²) < 4.78 is 3.52. The Morgan fingerprint density at radius 1 is 1.28 bits per heavy atom. The van der Waals surface area contributed by atoms with E-state index in [0.717, 1.165) is 57.2 Å². The number of aromatic nitrogens is 3. The molecule has 100 valence electrons. The van der Waals surface area contributed by atoms with E-state index >= 15 is 0 Å². The highest BCUT2D eigenvalue weighted by Gasteiger charge is 2.19. The van der Waals surface area contributed by atoms with Crippen molar-refractivity contribution < 1.29 is 0 Å². The van der Waals surface area contributed by atoms with Crippen LogP contribution in [0.4, 0.5) is 0 Å². The van der Waals surface area contributed by atoms with Gasteiger partial charge in [0.2, 0.25) is 0 Å². The second-order valence-electron chi connectivity index (χ2n) is 5.47. The summed E-state index contributed by atoms with van der Waals surface area (Å²) in [7, 11) is 0. The molecule has 1 aliphatic carbocycles. The van der Waals surface area contributed by atoms with Crippen LogP contribution in [0.25, 0.3) is 0 Å². The molecule has 1 saturated carbocycles. The van der Waals surface area contributed by atoms with E-state index in [-0.39, 0.29) is 5.69 Å². The Kier molecular flexibility index (Phi) is 3.50. The van der Waals surface area contributed by atoms with Gasteiger partial charge >= 0.3 is 5.69 Å². The summed E-state index contributed by atoms with van der Waals surface area (Å²) in [6.07, 6.45) is 8.10. The van der Waals surface area contributed by atoms with E-state index in [4.69, 9.17) is 0 Å². The SMILES string of the molecule is O=c1n(CCCCNC2CC2)nc2n1CCCC2. The quantitative estimate of drug-likeness (QED) is 0.764. The number of nitrogens with one attached hydrogen (secondary N) is 1. The van der Waals surface area contributed by atoms with Crippen LogP contribution in [0, 0.1) is 0 Å². The summed E-state index contributed by atoms with van der Waals surface area (Å²) in [6, 6.07) is 0.785. The zero-order chi connectivity index (χ0) is 12.4. The molecule has 1 aromatic rings. The molecule has 0 bridgehead atoms. The number of hydrogen-bond donors (Lipinski definition) is 1. The highest BCUT2D eigenvalue weighted by molar-refractivity contribution is 4.91. The number of unbranched alkanes of at least 4 members (excludes halogenated alkanes) is 1. The van der Waals surface area contributed by atoms with Crippen LogP contribution in [0.1, 0.15) is 44.3 Å². The van der Waals surface area contributed by atoms with Gasteiger partial charge in [-0.2, -0.15) is 5.10 Å². The van der Waals surface area contributed by atoms with Crippen LogP contribution < -0.4 is 11.0 Å². The minimum atomic E-state index is 0.0971. The van der Waals surface area contributed by atoms with E-state index in [1.807, 2.05) is 4.57 Å². The molecule has 2 aliphatic rings. The third-order valence-corrected chi connectivity index (χ3v) is 3.84. The molecule has 1 N–H and O–H groups in total. The molecule has 1 fully saturated rings. The Morgan fingerprint density at radius 2 is 2.17 bits per heavy atom. The summed E-state index contributed by atoms with van der Waals surface area (Å²) in [5.74, 6) is 0.988. The molecule has 0 aromatic carbocycles. The molecule has 0 unspecified atom stereocenters. The first kappa shape index (κ1) is 12.0. The third kappa shape index (κ3) is 2.66. The molecule has 18 heavy (non-hydrogen) atoms. The number of nitrogens with zero attached hydrogens (tertiary/aromatic N) is 3. The summed E-state index contributed by atoms with van der Waals surface area (Å²) >= 11 is 0. The highest BCUT2D eigenvalue weighted by atomic mass is 16.2. The first-order chi connectivity index (χ1) is 8.84. The van der Waals surface area contributed by atoms with Gasteiger partial charge in [0.15, 0.2) is 0 Å². The average Bonchev–Trinajstić information content (AvgIpc) is 3.16. The molecule has 0 amide bonds. The van der Waals surface area contributed by atoms with Gasteiger partial charge in [-0.05, 0) is 45.1 Å². The van der Waals surface area contributed by atoms with Crippen molar-refractivity contribution in [2.75, 3.05) is 6.54 Å². The summed E-state index contributed by atoms with van der Waals surface area (Å²) in [4.78, 5) is 12.0. The Hall–Kier alpha value is -1.10. The van der Waals surface area contributed by atoms with Crippen molar-refractivity contribution in [1.82, 2.24) is 19.7 Å². The van der Waals surface area contributed by atoms with Crippen molar-refractivity contribution in [2.45, 2.75) is 64.1 Å². The minimum absolute atomic E-state index is 0.0971. The van der Waals surface area contributed by atoms with Gasteiger partial charge in [-0.1, -0.05) is 0 Å². The van der Waals surface area contributed by atoms with E-state index in [9.17, 15) is 4.79 Å². The van der Waals surface area contributed by atoms with E-state index < -0.39 is 0 Å². The van der Waals surface area contributed by atoms with Gasteiger partial charge in [0.05, 0.1) is 0 Å². The molecular weight excluding hydrogens is 228 g/mol. The van der Waals surface area contributed by atoms with Gasteiger partial charge in [-0.25, -0.2) is 9.48 Å². The summed E-state index contributed by atoms with van der Waals surface area (Å²) in [6.45, 7) is 2.70. The van der Waals surface area contributed by atoms with Crippen molar-refractivity contribution in [2.24, 2.45) is 0 Å². The minimum Gasteiger partial charge on any atom is -0.314 e. The van der Waals surface area contributed by atoms with Crippen LogP contribution in [-0.4, -0.2) is 26.9 Å². The smallest absolute Gasteiger partial charge is 0.314 e. The van der Waals surface area contributed by atoms with Crippen molar-refractivity contribution in [3.05, 3.63) is 16.3 Å². The first-order valence-electron chi connectivity index (χ1n) is 7.24. The zero-order valence-electron chi connectivity index (χ0n) is 10.9. The van der Waals surface area contributed by atoms with Crippen LogP contribution in [0.15, 0.2) is 4.79 Å². The zero-order valence-corrected chi connectivity index (χ0v) is 10.9. The van der Waals surface area contributed by atoms with Crippen LogP contribution in [0.2, 0.25) is 0 Å². The maximum atomic E-state index is 12.0. The largest absolute Gasteiger partial charge is 0.345 e.